The molecule has 0 aliphatic heterocycles. The lowest BCUT2D eigenvalue weighted by Crippen LogP contribution is -2.41. The van der Waals surface area contributed by atoms with Crippen molar-refractivity contribution in [1.82, 2.24) is 10.6 Å². The van der Waals surface area contributed by atoms with Crippen molar-refractivity contribution in [3.8, 4) is 0 Å². The summed E-state index contributed by atoms with van der Waals surface area (Å²) in [5, 5.41) is 6.88. The number of hydrogen-bond donors (Lipinski definition) is 2. The zero-order chi connectivity index (χ0) is 9.61. The Kier molecular flexibility index (Phi) is 5.51. The van der Waals surface area contributed by atoms with Crippen LogP contribution in [0.15, 0.2) is 0 Å². The molecule has 0 heterocycles. The quantitative estimate of drug-likeness (QED) is 0.618. The molecule has 12 heavy (non-hydrogen) atoms. The van der Waals surface area contributed by atoms with E-state index in [1.54, 1.807) is 0 Å². The molecule has 0 radical (unpaired) electrons. The Morgan fingerprint density at radius 3 is 2.17 bits per heavy atom. The van der Waals surface area contributed by atoms with Crippen LogP contribution in [-0.2, 0) is 0 Å². The van der Waals surface area contributed by atoms with E-state index in [0.717, 1.165) is 13.1 Å². The van der Waals surface area contributed by atoms with E-state index in [0.29, 0.717) is 6.04 Å². The highest BCUT2D eigenvalue weighted by Crippen LogP contribution is 1.96. The van der Waals surface area contributed by atoms with E-state index < -0.39 is 0 Å². The minimum Gasteiger partial charge on any atom is -0.313 e. The highest BCUT2D eigenvalue weighted by Gasteiger charge is 2.07. The van der Waals surface area contributed by atoms with Crippen LogP contribution in [0.2, 0.25) is 0 Å². The Hall–Kier alpha value is -0.0800. The van der Waals surface area contributed by atoms with Crippen molar-refractivity contribution in [3.05, 3.63) is 0 Å². The molecule has 0 saturated heterocycles. The molecular weight excluding hydrogens is 148 g/mol. The Morgan fingerprint density at radius 1 is 1.17 bits per heavy atom. The van der Waals surface area contributed by atoms with Crippen molar-refractivity contribution in [2.75, 3.05) is 13.1 Å². The first-order valence-corrected chi connectivity index (χ1v) is 4.94. The van der Waals surface area contributed by atoms with Gasteiger partial charge in [0.15, 0.2) is 0 Å². The second kappa shape index (κ2) is 5.55. The molecule has 1 atom stereocenters. The minimum absolute atomic E-state index is 0.247. The van der Waals surface area contributed by atoms with Gasteiger partial charge < -0.3 is 10.6 Å². The van der Waals surface area contributed by atoms with Crippen molar-refractivity contribution in [2.45, 2.75) is 52.6 Å². The first kappa shape index (κ1) is 11.9. The topological polar surface area (TPSA) is 24.1 Å². The highest BCUT2D eigenvalue weighted by atomic mass is 15.0. The third kappa shape index (κ3) is 8.02. The van der Waals surface area contributed by atoms with Crippen LogP contribution in [0.3, 0.4) is 0 Å². The lowest BCUT2D eigenvalue weighted by atomic mass is 10.1. The molecule has 0 aliphatic carbocycles. The monoisotopic (exact) mass is 172 g/mol. The number of rotatable bonds is 5. The van der Waals surface area contributed by atoms with Gasteiger partial charge in [-0.2, -0.15) is 0 Å². The van der Waals surface area contributed by atoms with Gasteiger partial charge in [-0.05, 0) is 34.1 Å². The summed E-state index contributed by atoms with van der Waals surface area (Å²) in [6.45, 7) is 13.1. The largest absolute Gasteiger partial charge is 0.313 e. The number of hydrogen-bond acceptors (Lipinski definition) is 2. The lowest BCUT2D eigenvalue weighted by Gasteiger charge is -2.21. The molecular formula is C10H24N2. The minimum atomic E-state index is 0.247. The molecule has 2 heteroatoms. The molecule has 0 rings (SSSR count). The van der Waals surface area contributed by atoms with E-state index in [-0.39, 0.29) is 5.54 Å². The highest BCUT2D eigenvalue weighted by molar-refractivity contribution is 4.71. The van der Waals surface area contributed by atoms with Gasteiger partial charge in [0.1, 0.15) is 0 Å². The molecule has 0 fully saturated rings. The first-order chi connectivity index (χ1) is 5.45. The summed E-state index contributed by atoms with van der Waals surface area (Å²) >= 11 is 0. The van der Waals surface area contributed by atoms with E-state index in [1.807, 2.05) is 0 Å². The maximum atomic E-state index is 3.44. The molecule has 0 aliphatic rings. The van der Waals surface area contributed by atoms with E-state index in [1.165, 1.54) is 6.42 Å². The Morgan fingerprint density at radius 2 is 1.75 bits per heavy atom. The van der Waals surface area contributed by atoms with Gasteiger partial charge in [-0.15, -0.1) is 0 Å². The summed E-state index contributed by atoms with van der Waals surface area (Å²) in [5.41, 5.74) is 0.247. The summed E-state index contributed by atoms with van der Waals surface area (Å²) in [5.74, 6) is 0. The average molecular weight is 172 g/mol. The first-order valence-electron chi connectivity index (χ1n) is 4.94. The molecule has 0 bridgehead atoms. The molecule has 0 aromatic rings. The standard InChI is InChI=1S/C10H24N2/c1-6-9(2)11-7-8-12-10(3,4)5/h9,11-12H,6-8H2,1-5H3/t9-/m0/s1. The average Bonchev–Trinajstić information content (AvgIpc) is 1.96. The van der Waals surface area contributed by atoms with Gasteiger partial charge in [0.05, 0.1) is 0 Å². The molecule has 0 aromatic heterocycles. The third-order valence-corrected chi connectivity index (χ3v) is 1.89. The lowest BCUT2D eigenvalue weighted by molar-refractivity contribution is 0.411. The molecule has 2 nitrogen and oxygen atoms in total. The maximum absolute atomic E-state index is 3.44. The van der Waals surface area contributed by atoms with Gasteiger partial charge >= 0.3 is 0 Å². The van der Waals surface area contributed by atoms with Gasteiger partial charge in [0.2, 0.25) is 0 Å². The molecule has 2 N–H and O–H groups in total. The Bertz CT molecular complexity index is 105. The summed E-state index contributed by atoms with van der Waals surface area (Å²) in [6, 6.07) is 0.645. The van der Waals surface area contributed by atoms with Crippen molar-refractivity contribution < 1.29 is 0 Å². The van der Waals surface area contributed by atoms with Crippen LogP contribution in [0.25, 0.3) is 0 Å². The van der Waals surface area contributed by atoms with Gasteiger partial charge in [-0.25, -0.2) is 0 Å². The molecule has 0 spiro atoms. The van der Waals surface area contributed by atoms with Crippen LogP contribution in [0, 0.1) is 0 Å². The van der Waals surface area contributed by atoms with E-state index in [9.17, 15) is 0 Å². The van der Waals surface area contributed by atoms with Gasteiger partial charge in [-0.1, -0.05) is 6.92 Å². The predicted molar refractivity (Wildman–Crippen MR) is 55.5 cm³/mol. The van der Waals surface area contributed by atoms with E-state index >= 15 is 0 Å². The van der Waals surface area contributed by atoms with Crippen LogP contribution in [-0.4, -0.2) is 24.7 Å². The Labute approximate surface area is 77.1 Å². The summed E-state index contributed by atoms with van der Waals surface area (Å²) in [7, 11) is 0. The summed E-state index contributed by atoms with van der Waals surface area (Å²) in [4.78, 5) is 0. The van der Waals surface area contributed by atoms with Gasteiger partial charge in [0, 0.05) is 24.7 Å². The van der Waals surface area contributed by atoms with Crippen LogP contribution >= 0.6 is 0 Å². The second-order valence-corrected chi connectivity index (χ2v) is 4.44. The van der Waals surface area contributed by atoms with Crippen molar-refractivity contribution in [2.24, 2.45) is 0 Å². The van der Waals surface area contributed by atoms with Crippen LogP contribution in [0.1, 0.15) is 41.0 Å². The number of nitrogens with one attached hydrogen (secondary N) is 2. The normalized spacial score (nSPS) is 14.8. The molecule has 0 unspecified atom stereocenters. The van der Waals surface area contributed by atoms with Gasteiger partial charge in [-0.3, -0.25) is 0 Å². The van der Waals surface area contributed by atoms with E-state index in [2.05, 4.69) is 45.3 Å². The fourth-order valence-electron chi connectivity index (χ4n) is 0.900. The van der Waals surface area contributed by atoms with Crippen molar-refractivity contribution in [3.63, 3.8) is 0 Å². The fourth-order valence-corrected chi connectivity index (χ4v) is 0.900. The summed E-state index contributed by atoms with van der Waals surface area (Å²) < 4.78 is 0. The predicted octanol–water partition coefficient (Wildman–Crippen LogP) is 1.76. The van der Waals surface area contributed by atoms with Crippen LogP contribution < -0.4 is 10.6 Å². The zero-order valence-electron chi connectivity index (χ0n) is 9.20. The molecule has 0 aromatic carbocycles. The SMILES string of the molecule is CC[C@H](C)NCCNC(C)(C)C. The van der Waals surface area contributed by atoms with Crippen molar-refractivity contribution >= 4 is 0 Å². The van der Waals surface area contributed by atoms with Crippen molar-refractivity contribution in [1.29, 1.82) is 0 Å². The maximum Gasteiger partial charge on any atom is 0.00970 e. The molecule has 0 amide bonds. The van der Waals surface area contributed by atoms with Gasteiger partial charge in [0.25, 0.3) is 0 Å². The van der Waals surface area contributed by atoms with E-state index in [4.69, 9.17) is 0 Å². The smallest absolute Gasteiger partial charge is 0.00970 e. The van der Waals surface area contributed by atoms with Crippen LogP contribution in [0.4, 0.5) is 0 Å². The summed E-state index contributed by atoms with van der Waals surface area (Å²) in [6.07, 6.45) is 1.20. The Balaban J connectivity index is 3.22. The molecule has 0 saturated carbocycles. The zero-order valence-corrected chi connectivity index (χ0v) is 9.20. The fraction of sp³-hybridized carbons (Fsp3) is 1.00. The molecule has 74 valence electrons. The second-order valence-electron chi connectivity index (χ2n) is 4.44. The third-order valence-electron chi connectivity index (χ3n) is 1.89. The van der Waals surface area contributed by atoms with Crippen LogP contribution in [0.5, 0.6) is 0 Å².